The summed E-state index contributed by atoms with van der Waals surface area (Å²) in [4.78, 5) is 10.4. The molecule has 0 aliphatic heterocycles. The minimum atomic E-state index is 0.497. The number of hydrogen-bond donors (Lipinski definition) is 1. The molecule has 0 saturated carbocycles. The number of rotatable bonds is 7. The largest absolute Gasteiger partial charge is 0.480 e. The second kappa shape index (κ2) is 6.97. The van der Waals surface area contributed by atoms with E-state index >= 15 is 0 Å². The Bertz CT molecular complexity index is 309. The fourth-order valence-corrected chi connectivity index (χ4v) is 1.29. The second-order valence-electron chi connectivity index (χ2n) is 3.19. The number of anilines is 1. The van der Waals surface area contributed by atoms with Crippen LogP contribution in [0.25, 0.3) is 0 Å². The summed E-state index contributed by atoms with van der Waals surface area (Å²) in [5.74, 6) is 1.25. The van der Waals surface area contributed by atoms with Crippen LogP contribution in [0.4, 0.5) is 5.82 Å². The lowest BCUT2D eigenvalue weighted by Crippen LogP contribution is -2.33. The van der Waals surface area contributed by atoms with Gasteiger partial charge in [-0.1, -0.05) is 0 Å². The smallest absolute Gasteiger partial charge is 0.233 e. The molecule has 0 fully saturated rings. The molecule has 0 radical (unpaired) electrons. The Morgan fingerprint density at radius 1 is 1.31 bits per heavy atom. The van der Waals surface area contributed by atoms with Gasteiger partial charge >= 0.3 is 0 Å². The lowest BCUT2D eigenvalue weighted by molar-refractivity contribution is 0.205. The third kappa shape index (κ3) is 3.63. The molecule has 16 heavy (non-hydrogen) atoms. The molecule has 90 valence electrons. The molecule has 0 saturated heterocycles. The van der Waals surface area contributed by atoms with E-state index in [0.29, 0.717) is 25.6 Å². The molecular formula is C10H18N4O2. The van der Waals surface area contributed by atoms with Crippen LogP contribution in [0, 0.1) is 0 Å². The van der Waals surface area contributed by atoms with Crippen LogP contribution in [0.15, 0.2) is 12.4 Å². The Balaban J connectivity index is 2.73. The fraction of sp³-hybridized carbons (Fsp3) is 0.600. The fourth-order valence-electron chi connectivity index (χ4n) is 1.29. The normalized spacial score (nSPS) is 10.2. The maximum Gasteiger partial charge on any atom is 0.233 e. The number of hydrogen-bond acceptors (Lipinski definition) is 6. The Hall–Kier alpha value is -1.40. The van der Waals surface area contributed by atoms with E-state index in [-0.39, 0.29) is 0 Å². The average molecular weight is 226 g/mol. The zero-order valence-corrected chi connectivity index (χ0v) is 9.72. The van der Waals surface area contributed by atoms with Crippen LogP contribution in [0.3, 0.4) is 0 Å². The summed E-state index contributed by atoms with van der Waals surface area (Å²) in [6.07, 6.45) is 3.26. The highest BCUT2D eigenvalue weighted by Crippen LogP contribution is 2.12. The number of ether oxygens (including phenoxy) is 2. The van der Waals surface area contributed by atoms with Crippen molar-refractivity contribution in [1.82, 2.24) is 9.97 Å². The highest BCUT2D eigenvalue weighted by atomic mass is 16.5. The van der Waals surface area contributed by atoms with Gasteiger partial charge in [0.15, 0.2) is 5.82 Å². The first-order valence-corrected chi connectivity index (χ1v) is 5.11. The molecule has 2 N–H and O–H groups in total. The molecule has 1 aromatic rings. The molecule has 0 aliphatic carbocycles. The highest BCUT2D eigenvalue weighted by molar-refractivity contribution is 5.37. The molecule has 6 nitrogen and oxygen atoms in total. The molecule has 6 heteroatoms. The number of methoxy groups -OCH3 is 2. The van der Waals surface area contributed by atoms with Crippen molar-refractivity contribution >= 4 is 5.82 Å². The van der Waals surface area contributed by atoms with Gasteiger partial charge in [-0.25, -0.2) is 0 Å². The van der Waals surface area contributed by atoms with Gasteiger partial charge in [-0.15, -0.1) is 0 Å². The van der Waals surface area contributed by atoms with Gasteiger partial charge in [0.25, 0.3) is 0 Å². The minimum absolute atomic E-state index is 0.497. The van der Waals surface area contributed by atoms with Crippen molar-refractivity contribution in [2.45, 2.75) is 0 Å². The van der Waals surface area contributed by atoms with Crippen LogP contribution in [-0.4, -0.2) is 50.4 Å². The molecule has 0 aromatic carbocycles. The molecule has 0 atom stereocenters. The number of nitrogens with zero attached hydrogens (tertiary/aromatic N) is 3. The van der Waals surface area contributed by atoms with E-state index in [0.717, 1.165) is 12.4 Å². The van der Waals surface area contributed by atoms with E-state index in [9.17, 15) is 0 Å². The average Bonchev–Trinajstić information content (AvgIpc) is 2.34. The summed E-state index contributed by atoms with van der Waals surface area (Å²) in [5.41, 5.74) is 5.55. The van der Waals surface area contributed by atoms with Gasteiger partial charge in [0.1, 0.15) is 0 Å². The van der Waals surface area contributed by atoms with Crippen molar-refractivity contribution in [2.24, 2.45) is 5.73 Å². The molecule has 0 aliphatic rings. The maximum atomic E-state index is 5.55. The summed E-state index contributed by atoms with van der Waals surface area (Å²) < 4.78 is 10.1. The topological polar surface area (TPSA) is 73.5 Å². The lowest BCUT2D eigenvalue weighted by Gasteiger charge is -2.22. The number of aromatic nitrogens is 2. The van der Waals surface area contributed by atoms with Gasteiger partial charge in [0, 0.05) is 26.7 Å². The van der Waals surface area contributed by atoms with Crippen LogP contribution in [0.1, 0.15) is 0 Å². The second-order valence-corrected chi connectivity index (χ2v) is 3.19. The first-order chi connectivity index (χ1) is 7.81. The summed E-state index contributed by atoms with van der Waals surface area (Å²) in [5, 5.41) is 0. The zero-order chi connectivity index (χ0) is 11.8. The van der Waals surface area contributed by atoms with Crippen LogP contribution in [-0.2, 0) is 4.74 Å². The number of nitrogens with two attached hydrogens (primary N) is 1. The van der Waals surface area contributed by atoms with Gasteiger partial charge in [0.2, 0.25) is 5.88 Å². The Kier molecular flexibility index (Phi) is 5.52. The van der Waals surface area contributed by atoms with Gasteiger partial charge in [0.05, 0.1) is 26.1 Å². The predicted molar refractivity (Wildman–Crippen MR) is 61.7 cm³/mol. The van der Waals surface area contributed by atoms with Crippen molar-refractivity contribution in [3.8, 4) is 5.88 Å². The SMILES string of the molecule is COCCN(CCN)c1cncc(OC)n1. The van der Waals surface area contributed by atoms with Crippen molar-refractivity contribution in [2.75, 3.05) is 45.4 Å². The Labute approximate surface area is 95.4 Å². The Morgan fingerprint density at radius 3 is 2.75 bits per heavy atom. The molecule has 1 heterocycles. The van der Waals surface area contributed by atoms with E-state index in [1.54, 1.807) is 26.6 Å². The maximum absolute atomic E-state index is 5.55. The summed E-state index contributed by atoms with van der Waals surface area (Å²) in [6, 6.07) is 0. The van der Waals surface area contributed by atoms with Crippen LogP contribution >= 0.6 is 0 Å². The van der Waals surface area contributed by atoms with Crippen molar-refractivity contribution < 1.29 is 9.47 Å². The molecule has 0 unspecified atom stereocenters. The summed E-state index contributed by atoms with van der Waals surface area (Å²) in [6.45, 7) is 2.63. The van der Waals surface area contributed by atoms with E-state index in [4.69, 9.17) is 15.2 Å². The van der Waals surface area contributed by atoms with Crippen molar-refractivity contribution in [3.63, 3.8) is 0 Å². The van der Waals surface area contributed by atoms with Gasteiger partial charge in [-0.3, -0.25) is 4.98 Å². The first-order valence-electron chi connectivity index (χ1n) is 5.11. The molecule has 1 rings (SSSR count). The Morgan fingerprint density at radius 2 is 2.12 bits per heavy atom. The zero-order valence-electron chi connectivity index (χ0n) is 9.72. The standard InChI is InChI=1S/C10H18N4O2/c1-15-6-5-14(4-3-11)9-7-12-8-10(13-9)16-2/h7-8H,3-6,11H2,1-2H3. The third-order valence-electron chi connectivity index (χ3n) is 2.10. The predicted octanol–water partition coefficient (Wildman–Crippen LogP) is -0.103. The van der Waals surface area contributed by atoms with E-state index in [2.05, 4.69) is 9.97 Å². The first kappa shape index (κ1) is 12.7. The molecule has 0 bridgehead atoms. The minimum Gasteiger partial charge on any atom is -0.480 e. The highest BCUT2D eigenvalue weighted by Gasteiger charge is 2.08. The van der Waals surface area contributed by atoms with Gasteiger partial charge in [-0.2, -0.15) is 4.98 Å². The molecule has 1 aromatic heterocycles. The van der Waals surface area contributed by atoms with E-state index in [1.165, 1.54) is 0 Å². The van der Waals surface area contributed by atoms with E-state index < -0.39 is 0 Å². The molecular weight excluding hydrogens is 208 g/mol. The third-order valence-corrected chi connectivity index (χ3v) is 2.10. The van der Waals surface area contributed by atoms with Gasteiger partial charge in [-0.05, 0) is 0 Å². The van der Waals surface area contributed by atoms with Crippen molar-refractivity contribution in [1.29, 1.82) is 0 Å². The van der Waals surface area contributed by atoms with Gasteiger partial charge < -0.3 is 20.1 Å². The molecule has 0 amide bonds. The summed E-state index contributed by atoms with van der Waals surface area (Å²) >= 11 is 0. The monoisotopic (exact) mass is 226 g/mol. The quantitative estimate of drug-likeness (QED) is 0.699. The summed E-state index contributed by atoms with van der Waals surface area (Å²) in [7, 11) is 3.23. The van der Waals surface area contributed by atoms with Crippen LogP contribution in [0.2, 0.25) is 0 Å². The molecule has 0 spiro atoms. The van der Waals surface area contributed by atoms with Crippen LogP contribution in [0.5, 0.6) is 5.88 Å². The van der Waals surface area contributed by atoms with E-state index in [1.807, 2.05) is 4.90 Å². The lowest BCUT2D eigenvalue weighted by atomic mass is 10.4. The van der Waals surface area contributed by atoms with Crippen LogP contribution < -0.4 is 15.4 Å². The van der Waals surface area contributed by atoms with Crippen molar-refractivity contribution in [3.05, 3.63) is 12.4 Å².